The Hall–Kier alpha value is -0.920. The lowest BCUT2D eigenvalue weighted by molar-refractivity contribution is 0.0696. The van der Waals surface area contributed by atoms with Gasteiger partial charge in [0.25, 0.3) is 0 Å². The van der Waals surface area contributed by atoms with E-state index in [1.807, 2.05) is 0 Å². The van der Waals surface area contributed by atoms with Crippen molar-refractivity contribution in [2.24, 2.45) is 0 Å². The second-order valence-electron chi connectivity index (χ2n) is 2.77. The number of carboxylic acid groups (broad SMARTS) is 1. The molecule has 0 aromatic heterocycles. The predicted octanol–water partition coefficient (Wildman–Crippen LogP) is 2.82. The Morgan fingerprint density at radius 3 is 2.87 bits per heavy atom. The van der Waals surface area contributed by atoms with Crippen molar-refractivity contribution in [1.82, 2.24) is 0 Å². The zero-order chi connectivity index (χ0) is 11.3. The second kappa shape index (κ2) is 5.84. The van der Waals surface area contributed by atoms with Gasteiger partial charge in [0.05, 0.1) is 5.56 Å². The highest BCUT2D eigenvalue weighted by Crippen LogP contribution is 2.16. The second-order valence-corrected chi connectivity index (χ2v) is 4.13. The molecule has 1 rings (SSSR count). The molecule has 1 aromatic carbocycles. The monoisotopic (exact) mass is 284 g/mol. The van der Waals surface area contributed by atoms with Crippen molar-refractivity contribution in [3.63, 3.8) is 0 Å². The maximum absolute atomic E-state index is 10.9. The third-order valence-electron chi connectivity index (χ3n) is 1.67. The van der Waals surface area contributed by atoms with Gasteiger partial charge in [0.2, 0.25) is 0 Å². The molecule has 0 heterocycles. The molecule has 2 nitrogen and oxygen atoms in total. The van der Waals surface area contributed by atoms with Crippen molar-refractivity contribution in [2.75, 3.05) is 5.75 Å². The molecule has 1 N–H and O–H groups in total. The summed E-state index contributed by atoms with van der Waals surface area (Å²) in [5, 5.41) is 8.91. The third-order valence-corrected chi connectivity index (χ3v) is 2.39. The molecule has 0 saturated carbocycles. The zero-order valence-electron chi connectivity index (χ0n) is 7.83. The summed E-state index contributed by atoms with van der Waals surface area (Å²) in [7, 11) is 0. The molecular formula is C11H9BrO2S. The largest absolute Gasteiger partial charge is 0.478 e. The van der Waals surface area contributed by atoms with Crippen LogP contribution in [0.25, 0.3) is 0 Å². The zero-order valence-corrected chi connectivity index (χ0v) is 10.3. The molecule has 0 bridgehead atoms. The Labute approximate surface area is 102 Å². The smallest absolute Gasteiger partial charge is 0.336 e. The van der Waals surface area contributed by atoms with Gasteiger partial charge < -0.3 is 5.11 Å². The molecule has 0 radical (unpaired) electrons. The van der Waals surface area contributed by atoms with E-state index in [0.29, 0.717) is 17.7 Å². The summed E-state index contributed by atoms with van der Waals surface area (Å²) in [6.45, 7) is 0. The fourth-order valence-corrected chi connectivity index (χ4v) is 1.49. The molecule has 0 fully saturated rings. The first-order chi connectivity index (χ1) is 7.15. The Morgan fingerprint density at radius 2 is 2.27 bits per heavy atom. The van der Waals surface area contributed by atoms with E-state index in [2.05, 4.69) is 40.4 Å². The van der Waals surface area contributed by atoms with Crippen LogP contribution in [-0.4, -0.2) is 16.8 Å². The fourth-order valence-electron chi connectivity index (χ4n) is 1.02. The summed E-state index contributed by atoms with van der Waals surface area (Å²) in [5.41, 5.74) is 0.753. The highest BCUT2D eigenvalue weighted by molar-refractivity contribution is 9.10. The molecule has 0 unspecified atom stereocenters. The van der Waals surface area contributed by atoms with E-state index < -0.39 is 5.97 Å². The average molecular weight is 285 g/mol. The first-order valence-electron chi connectivity index (χ1n) is 4.27. The Morgan fingerprint density at radius 1 is 1.53 bits per heavy atom. The first-order valence-corrected chi connectivity index (χ1v) is 5.70. The Balaban J connectivity index is 3.09. The van der Waals surface area contributed by atoms with Crippen molar-refractivity contribution in [2.45, 2.75) is 6.42 Å². The maximum Gasteiger partial charge on any atom is 0.336 e. The maximum atomic E-state index is 10.9. The van der Waals surface area contributed by atoms with Crippen LogP contribution in [0, 0.1) is 11.8 Å². The third kappa shape index (κ3) is 3.61. The van der Waals surface area contributed by atoms with Gasteiger partial charge in [-0.15, -0.1) is 0 Å². The fraction of sp³-hybridized carbons (Fsp3) is 0.182. The van der Waals surface area contributed by atoms with Crippen LogP contribution in [0.2, 0.25) is 0 Å². The summed E-state index contributed by atoms with van der Waals surface area (Å²) in [6, 6.07) is 4.93. The van der Waals surface area contributed by atoms with Gasteiger partial charge in [-0.05, 0) is 18.2 Å². The minimum atomic E-state index is -0.960. The number of aromatic carboxylic acids is 1. The summed E-state index contributed by atoms with van der Waals surface area (Å²) in [5.74, 6) is 5.40. The number of rotatable bonds is 2. The van der Waals surface area contributed by atoms with E-state index in [4.69, 9.17) is 5.11 Å². The lowest BCUT2D eigenvalue weighted by Crippen LogP contribution is -1.99. The molecule has 4 heteroatoms. The van der Waals surface area contributed by atoms with Crippen molar-refractivity contribution in [3.8, 4) is 11.8 Å². The van der Waals surface area contributed by atoms with Crippen molar-refractivity contribution in [3.05, 3.63) is 33.8 Å². The first kappa shape index (κ1) is 12.2. The lowest BCUT2D eigenvalue weighted by Gasteiger charge is -1.99. The van der Waals surface area contributed by atoms with Gasteiger partial charge in [0.1, 0.15) is 0 Å². The standard InChI is InChI=1S/C11H9BrO2S/c12-9-4-5-10(11(13)14)8(7-9)3-1-2-6-15/h4-5,7,15H,2,6H2,(H,13,14). The summed E-state index contributed by atoms with van der Waals surface area (Å²) >= 11 is 7.30. The van der Waals surface area contributed by atoms with Gasteiger partial charge in [-0.2, -0.15) is 12.6 Å². The number of carboxylic acids is 1. The van der Waals surface area contributed by atoms with E-state index >= 15 is 0 Å². The van der Waals surface area contributed by atoms with Gasteiger partial charge in [0, 0.05) is 22.2 Å². The molecule has 78 valence electrons. The topological polar surface area (TPSA) is 37.3 Å². The van der Waals surface area contributed by atoms with Gasteiger partial charge in [0.15, 0.2) is 0 Å². The summed E-state index contributed by atoms with van der Waals surface area (Å²) in [6.07, 6.45) is 0.648. The van der Waals surface area contributed by atoms with Crippen LogP contribution in [0.1, 0.15) is 22.3 Å². The van der Waals surface area contributed by atoms with Crippen LogP contribution < -0.4 is 0 Å². The molecule has 0 atom stereocenters. The molecule has 15 heavy (non-hydrogen) atoms. The van der Waals surface area contributed by atoms with Crippen LogP contribution in [0.4, 0.5) is 0 Å². The highest BCUT2D eigenvalue weighted by Gasteiger charge is 2.07. The van der Waals surface area contributed by atoms with Crippen LogP contribution in [0.15, 0.2) is 22.7 Å². The lowest BCUT2D eigenvalue weighted by atomic mass is 10.1. The Kier molecular flexibility index (Phi) is 4.73. The number of carbonyl (C=O) groups is 1. The van der Waals surface area contributed by atoms with E-state index in [-0.39, 0.29) is 5.56 Å². The highest BCUT2D eigenvalue weighted by atomic mass is 79.9. The van der Waals surface area contributed by atoms with Crippen LogP contribution in [-0.2, 0) is 0 Å². The van der Waals surface area contributed by atoms with E-state index in [0.717, 1.165) is 4.47 Å². The normalized spacial score (nSPS) is 9.20. The summed E-state index contributed by atoms with van der Waals surface area (Å²) < 4.78 is 0.822. The van der Waals surface area contributed by atoms with E-state index in [9.17, 15) is 4.79 Å². The van der Waals surface area contributed by atoms with E-state index in [1.54, 1.807) is 12.1 Å². The molecular weight excluding hydrogens is 276 g/mol. The SMILES string of the molecule is O=C(O)c1ccc(Br)cc1C#CCCS. The minimum Gasteiger partial charge on any atom is -0.478 e. The van der Waals surface area contributed by atoms with Crippen LogP contribution in [0.3, 0.4) is 0 Å². The minimum absolute atomic E-state index is 0.227. The molecule has 0 aliphatic rings. The number of benzene rings is 1. The molecule has 0 amide bonds. The van der Waals surface area contributed by atoms with Crippen molar-refractivity contribution >= 4 is 34.5 Å². The number of hydrogen-bond donors (Lipinski definition) is 2. The molecule has 0 aliphatic carbocycles. The van der Waals surface area contributed by atoms with Gasteiger partial charge in [-0.25, -0.2) is 4.79 Å². The Bertz CT molecular complexity index is 432. The average Bonchev–Trinajstić information content (AvgIpc) is 2.18. The quantitative estimate of drug-likeness (QED) is 0.647. The number of halogens is 1. The van der Waals surface area contributed by atoms with Gasteiger partial charge in [-0.1, -0.05) is 27.8 Å². The summed E-state index contributed by atoms with van der Waals surface area (Å²) in [4.78, 5) is 10.9. The molecule has 0 aliphatic heterocycles. The van der Waals surface area contributed by atoms with Gasteiger partial charge in [-0.3, -0.25) is 0 Å². The molecule has 0 spiro atoms. The molecule has 1 aromatic rings. The van der Waals surface area contributed by atoms with Crippen LogP contribution in [0.5, 0.6) is 0 Å². The molecule has 0 saturated heterocycles. The van der Waals surface area contributed by atoms with Crippen LogP contribution >= 0.6 is 28.6 Å². The number of thiol groups is 1. The number of hydrogen-bond acceptors (Lipinski definition) is 2. The van der Waals surface area contributed by atoms with Gasteiger partial charge >= 0.3 is 5.97 Å². The van der Waals surface area contributed by atoms with Crippen molar-refractivity contribution < 1.29 is 9.90 Å². The predicted molar refractivity (Wildman–Crippen MR) is 66.4 cm³/mol. The van der Waals surface area contributed by atoms with Crippen molar-refractivity contribution in [1.29, 1.82) is 0 Å². The van der Waals surface area contributed by atoms with E-state index in [1.165, 1.54) is 6.07 Å².